The summed E-state index contributed by atoms with van der Waals surface area (Å²) in [5.74, 6) is 1.84. The van der Waals surface area contributed by atoms with E-state index < -0.39 is 0 Å². The highest BCUT2D eigenvalue weighted by molar-refractivity contribution is 4.78. The van der Waals surface area contributed by atoms with E-state index in [1.54, 1.807) is 0 Å². The Morgan fingerprint density at radius 1 is 0.923 bits per heavy atom. The molecule has 0 aliphatic rings. The lowest BCUT2D eigenvalue weighted by Crippen LogP contribution is -2.27. The van der Waals surface area contributed by atoms with Gasteiger partial charge in [0.05, 0.1) is 0 Å². The van der Waals surface area contributed by atoms with Gasteiger partial charge in [-0.2, -0.15) is 0 Å². The van der Waals surface area contributed by atoms with Gasteiger partial charge in [0.1, 0.15) is 0 Å². The summed E-state index contributed by atoms with van der Waals surface area (Å²) in [5, 5.41) is 0. The lowest BCUT2D eigenvalue weighted by atomic mass is 9.69. The lowest BCUT2D eigenvalue weighted by molar-refractivity contribution is 0.139. The highest BCUT2D eigenvalue weighted by Crippen LogP contribution is 2.38. The Bertz CT molecular complexity index is 118. The highest BCUT2D eigenvalue weighted by atomic mass is 14.3. The SMILES string of the molecule is CCCC(CC)C(CC)C(C)(C)C. The molecule has 0 N–H and O–H groups in total. The molecule has 0 bridgehead atoms. The molecule has 2 unspecified atom stereocenters. The van der Waals surface area contributed by atoms with Gasteiger partial charge in [-0.05, 0) is 17.3 Å². The van der Waals surface area contributed by atoms with Gasteiger partial charge in [0.2, 0.25) is 0 Å². The fourth-order valence-corrected chi connectivity index (χ4v) is 2.71. The van der Waals surface area contributed by atoms with Crippen molar-refractivity contribution in [1.29, 1.82) is 0 Å². The van der Waals surface area contributed by atoms with Gasteiger partial charge in [-0.1, -0.05) is 67.2 Å². The van der Waals surface area contributed by atoms with E-state index in [2.05, 4.69) is 41.5 Å². The van der Waals surface area contributed by atoms with Crippen LogP contribution in [-0.4, -0.2) is 0 Å². The van der Waals surface area contributed by atoms with Crippen molar-refractivity contribution in [3.8, 4) is 0 Å². The second-order valence-corrected chi connectivity index (χ2v) is 5.34. The molecule has 80 valence electrons. The molecule has 0 fully saturated rings. The van der Waals surface area contributed by atoms with E-state index in [0.29, 0.717) is 5.41 Å². The van der Waals surface area contributed by atoms with Crippen molar-refractivity contribution in [1.82, 2.24) is 0 Å². The number of hydrogen-bond donors (Lipinski definition) is 0. The quantitative estimate of drug-likeness (QED) is 0.571. The second-order valence-electron chi connectivity index (χ2n) is 5.34. The Balaban J connectivity index is 4.34. The summed E-state index contributed by atoms with van der Waals surface area (Å²) >= 11 is 0. The van der Waals surface area contributed by atoms with Crippen LogP contribution in [0.4, 0.5) is 0 Å². The minimum Gasteiger partial charge on any atom is -0.0654 e. The summed E-state index contributed by atoms with van der Waals surface area (Å²) in [6, 6.07) is 0. The predicted octanol–water partition coefficient (Wildman–Crippen LogP) is 4.89. The fraction of sp³-hybridized carbons (Fsp3) is 1.00. The van der Waals surface area contributed by atoms with E-state index in [-0.39, 0.29) is 0 Å². The van der Waals surface area contributed by atoms with Crippen LogP contribution in [-0.2, 0) is 0 Å². The van der Waals surface area contributed by atoms with E-state index in [9.17, 15) is 0 Å². The number of rotatable bonds is 5. The van der Waals surface area contributed by atoms with Gasteiger partial charge in [0.15, 0.2) is 0 Å². The third-order valence-electron chi connectivity index (χ3n) is 3.31. The van der Waals surface area contributed by atoms with Crippen LogP contribution in [0.3, 0.4) is 0 Å². The van der Waals surface area contributed by atoms with Crippen molar-refractivity contribution in [3.63, 3.8) is 0 Å². The molecule has 0 aliphatic carbocycles. The summed E-state index contributed by atoms with van der Waals surface area (Å²) < 4.78 is 0. The third-order valence-corrected chi connectivity index (χ3v) is 3.31. The predicted molar refractivity (Wildman–Crippen MR) is 61.9 cm³/mol. The largest absolute Gasteiger partial charge is 0.0654 e. The zero-order valence-corrected chi connectivity index (χ0v) is 10.5. The summed E-state index contributed by atoms with van der Waals surface area (Å²) in [5.41, 5.74) is 0.491. The Labute approximate surface area is 85.1 Å². The van der Waals surface area contributed by atoms with Gasteiger partial charge in [-0.3, -0.25) is 0 Å². The van der Waals surface area contributed by atoms with E-state index in [0.717, 1.165) is 11.8 Å². The van der Waals surface area contributed by atoms with Crippen molar-refractivity contribution in [2.45, 2.75) is 67.2 Å². The number of hydrogen-bond acceptors (Lipinski definition) is 0. The average molecular weight is 184 g/mol. The van der Waals surface area contributed by atoms with E-state index in [4.69, 9.17) is 0 Å². The summed E-state index contributed by atoms with van der Waals surface area (Å²) in [4.78, 5) is 0. The van der Waals surface area contributed by atoms with Gasteiger partial charge in [-0.25, -0.2) is 0 Å². The van der Waals surface area contributed by atoms with Gasteiger partial charge in [0, 0.05) is 0 Å². The lowest BCUT2D eigenvalue weighted by Gasteiger charge is -2.36. The molecule has 0 saturated carbocycles. The summed E-state index contributed by atoms with van der Waals surface area (Å²) in [7, 11) is 0. The highest BCUT2D eigenvalue weighted by Gasteiger charge is 2.28. The molecule has 0 nitrogen and oxygen atoms in total. The third kappa shape index (κ3) is 4.15. The minimum atomic E-state index is 0.491. The fourth-order valence-electron chi connectivity index (χ4n) is 2.71. The molecular formula is C13H28. The topological polar surface area (TPSA) is 0 Å². The van der Waals surface area contributed by atoms with Crippen LogP contribution in [0.25, 0.3) is 0 Å². The molecule has 0 aromatic carbocycles. The molecule has 0 spiro atoms. The van der Waals surface area contributed by atoms with E-state index >= 15 is 0 Å². The maximum atomic E-state index is 2.39. The first-order valence-corrected chi connectivity index (χ1v) is 5.97. The van der Waals surface area contributed by atoms with E-state index in [1.165, 1.54) is 25.7 Å². The van der Waals surface area contributed by atoms with Crippen LogP contribution in [0.2, 0.25) is 0 Å². The average Bonchev–Trinajstić information content (AvgIpc) is 2.01. The molecule has 13 heavy (non-hydrogen) atoms. The Hall–Kier alpha value is 0. The Morgan fingerprint density at radius 2 is 1.46 bits per heavy atom. The van der Waals surface area contributed by atoms with Crippen molar-refractivity contribution < 1.29 is 0 Å². The van der Waals surface area contributed by atoms with Crippen molar-refractivity contribution in [2.75, 3.05) is 0 Å². The van der Waals surface area contributed by atoms with Gasteiger partial charge < -0.3 is 0 Å². The standard InChI is InChI=1S/C13H28/c1-7-10-11(8-2)12(9-3)13(4,5)6/h11-12H,7-10H2,1-6H3. The monoisotopic (exact) mass is 184 g/mol. The summed E-state index contributed by atoms with van der Waals surface area (Å²) in [6.45, 7) is 14.2. The van der Waals surface area contributed by atoms with Crippen LogP contribution < -0.4 is 0 Å². The van der Waals surface area contributed by atoms with Crippen LogP contribution in [0, 0.1) is 17.3 Å². The van der Waals surface area contributed by atoms with Gasteiger partial charge >= 0.3 is 0 Å². The first kappa shape index (κ1) is 13.0. The molecule has 0 amide bonds. The van der Waals surface area contributed by atoms with Crippen LogP contribution in [0.15, 0.2) is 0 Å². The molecule has 0 aromatic heterocycles. The zero-order chi connectivity index (χ0) is 10.5. The van der Waals surface area contributed by atoms with Gasteiger partial charge in [0.25, 0.3) is 0 Å². The van der Waals surface area contributed by atoms with Crippen LogP contribution in [0.1, 0.15) is 67.2 Å². The van der Waals surface area contributed by atoms with Gasteiger partial charge in [-0.15, -0.1) is 0 Å². The smallest absolute Gasteiger partial charge is 0.0340 e. The Morgan fingerprint density at radius 3 is 1.69 bits per heavy atom. The molecule has 0 aliphatic heterocycles. The molecule has 0 radical (unpaired) electrons. The maximum absolute atomic E-state index is 2.39. The molecule has 2 atom stereocenters. The van der Waals surface area contributed by atoms with Crippen molar-refractivity contribution in [3.05, 3.63) is 0 Å². The zero-order valence-electron chi connectivity index (χ0n) is 10.5. The van der Waals surface area contributed by atoms with Crippen LogP contribution >= 0.6 is 0 Å². The first-order chi connectivity index (χ1) is 5.97. The Kier molecular flexibility index (Phi) is 5.67. The molecule has 0 rings (SSSR count). The summed E-state index contributed by atoms with van der Waals surface area (Å²) in [6.07, 6.45) is 5.43. The molecule has 0 aromatic rings. The second kappa shape index (κ2) is 5.67. The maximum Gasteiger partial charge on any atom is -0.0340 e. The van der Waals surface area contributed by atoms with E-state index in [1.807, 2.05) is 0 Å². The van der Waals surface area contributed by atoms with Crippen LogP contribution in [0.5, 0.6) is 0 Å². The molecule has 0 heterocycles. The normalized spacial score (nSPS) is 17.1. The van der Waals surface area contributed by atoms with Crippen molar-refractivity contribution in [2.24, 2.45) is 17.3 Å². The van der Waals surface area contributed by atoms with Crippen molar-refractivity contribution >= 4 is 0 Å². The first-order valence-electron chi connectivity index (χ1n) is 5.97. The molecular weight excluding hydrogens is 156 g/mol. The molecule has 0 heteroatoms. The molecule has 0 saturated heterocycles. The minimum absolute atomic E-state index is 0.491.